The minimum Gasteiger partial charge on any atom is -0.493 e. The van der Waals surface area contributed by atoms with Crippen molar-refractivity contribution in [2.45, 2.75) is 19.3 Å². The van der Waals surface area contributed by atoms with Gasteiger partial charge in [-0.25, -0.2) is 0 Å². The van der Waals surface area contributed by atoms with Gasteiger partial charge in [-0.2, -0.15) is 0 Å². The van der Waals surface area contributed by atoms with Crippen molar-refractivity contribution in [1.82, 2.24) is 0 Å². The van der Waals surface area contributed by atoms with E-state index in [1.54, 1.807) is 14.2 Å². The van der Waals surface area contributed by atoms with Crippen LogP contribution in [0.1, 0.15) is 18.4 Å². The van der Waals surface area contributed by atoms with Crippen LogP contribution in [0.4, 0.5) is 0 Å². The molecule has 0 saturated heterocycles. The van der Waals surface area contributed by atoms with Crippen LogP contribution >= 0.6 is 15.9 Å². The molecule has 1 aromatic rings. The second kappa shape index (κ2) is 6.49. The molecule has 0 aliphatic rings. The van der Waals surface area contributed by atoms with Gasteiger partial charge in [-0.15, -0.1) is 0 Å². The average molecular weight is 303 g/mol. The number of benzene rings is 1. The van der Waals surface area contributed by atoms with E-state index in [2.05, 4.69) is 15.9 Å². The number of hydrogen-bond donors (Lipinski definition) is 1. The van der Waals surface area contributed by atoms with Crippen LogP contribution in [0.5, 0.6) is 11.5 Å². The van der Waals surface area contributed by atoms with Crippen molar-refractivity contribution in [2.75, 3.05) is 14.2 Å². The van der Waals surface area contributed by atoms with Crippen LogP contribution in [0.2, 0.25) is 0 Å². The van der Waals surface area contributed by atoms with Crippen LogP contribution in [0.25, 0.3) is 0 Å². The monoisotopic (exact) mass is 302 g/mol. The fourth-order valence-electron chi connectivity index (χ4n) is 1.56. The molecule has 0 saturated carbocycles. The maximum atomic E-state index is 10.4. The third-order valence-electron chi connectivity index (χ3n) is 2.35. The Hall–Kier alpha value is -1.23. The molecule has 0 bridgehead atoms. The van der Waals surface area contributed by atoms with Crippen molar-refractivity contribution in [3.63, 3.8) is 0 Å². The van der Waals surface area contributed by atoms with Gasteiger partial charge >= 0.3 is 5.97 Å². The van der Waals surface area contributed by atoms with Gasteiger partial charge in [0, 0.05) is 6.42 Å². The molecule has 17 heavy (non-hydrogen) atoms. The third kappa shape index (κ3) is 3.93. The summed E-state index contributed by atoms with van der Waals surface area (Å²) in [6, 6.07) is 3.79. The highest BCUT2D eigenvalue weighted by molar-refractivity contribution is 9.10. The van der Waals surface area contributed by atoms with Crippen LogP contribution in [-0.2, 0) is 11.2 Å². The van der Waals surface area contributed by atoms with Gasteiger partial charge < -0.3 is 14.6 Å². The number of carbonyl (C=O) groups is 1. The Kier molecular flexibility index (Phi) is 5.28. The molecule has 5 heteroatoms. The summed E-state index contributed by atoms with van der Waals surface area (Å²) in [6.07, 6.45) is 1.48. The Morgan fingerprint density at radius 2 is 2.06 bits per heavy atom. The van der Waals surface area contributed by atoms with E-state index in [-0.39, 0.29) is 6.42 Å². The van der Waals surface area contributed by atoms with Gasteiger partial charge in [-0.1, -0.05) is 0 Å². The zero-order chi connectivity index (χ0) is 12.8. The lowest BCUT2D eigenvalue weighted by molar-refractivity contribution is -0.137. The quantitative estimate of drug-likeness (QED) is 0.878. The Morgan fingerprint density at radius 3 is 2.59 bits per heavy atom. The molecule has 1 rings (SSSR count). The second-order valence-electron chi connectivity index (χ2n) is 3.56. The van der Waals surface area contributed by atoms with E-state index in [0.29, 0.717) is 24.3 Å². The molecule has 0 spiro atoms. The number of aryl methyl sites for hydroxylation is 1. The Bertz CT molecular complexity index is 404. The number of methoxy groups -OCH3 is 2. The summed E-state index contributed by atoms with van der Waals surface area (Å²) in [5, 5.41) is 8.58. The summed E-state index contributed by atoms with van der Waals surface area (Å²) in [6.45, 7) is 0. The second-order valence-corrected chi connectivity index (χ2v) is 4.41. The van der Waals surface area contributed by atoms with E-state index in [1.165, 1.54) is 0 Å². The Labute approximate surface area is 109 Å². The molecule has 4 nitrogen and oxygen atoms in total. The molecule has 0 aliphatic heterocycles. The summed E-state index contributed by atoms with van der Waals surface area (Å²) >= 11 is 3.40. The Morgan fingerprint density at radius 1 is 1.35 bits per heavy atom. The smallest absolute Gasteiger partial charge is 0.303 e. The lowest BCUT2D eigenvalue weighted by Crippen LogP contribution is -1.97. The van der Waals surface area contributed by atoms with E-state index < -0.39 is 5.97 Å². The van der Waals surface area contributed by atoms with Gasteiger partial charge in [0.25, 0.3) is 0 Å². The molecular formula is C12H15BrO4. The van der Waals surface area contributed by atoms with Crippen LogP contribution in [-0.4, -0.2) is 25.3 Å². The van der Waals surface area contributed by atoms with E-state index in [4.69, 9.17) is 14.6 Å². The lowest BCUT2D eigenvalue weighted by Gasteiger charge is -2.11. The largest absolute Gasteiger partial charge is 0.493 e. The fourth-order valence-corrected chi connectivity index (χ4v) is 2.21. The van der Waals surface area contributed by atoms with Gasteiger partial charge in [0.15, 0.2) is 11.5 Å². The highest BCUT2D eigenvalue weighted by Gasteiger charge is 2.10. The summed E-state index contributed by atoms with van der Waals surface area (Å²) in [5.74, 6) is 0.520. The molecule has 0 atom stereocenters. The molecule has 0 heterocycles. The molecule has 0 radical (unpaired) electrons. The number of hydrogen-bond acceptors (Lipinski definition) is 3. The maximum Gasteiger partial charge on any atom is 0.303 e. The molecule has 0 amide bonds. The third-order valence-corrected chi connectivity index (χ3v) is 2.94. The Balaban J connectivity index is 2.80. The van der Waals surface area contributed by atoms with Gasteiger partial charge in [0.05, 0.1) is 18.7 Å². The highest BCUT2D eigenvalue weighted by atomic mass is 79.9. The minimum absolute atomic E-state index is 0.173. The van der Waals surface area contributed by atoms with Crippen LogP contribution in [0, 0.1) is 0 Å². The molecule has 0 unspecified atom stereocenters. The van der Waals surface area contributed by atoms with Crippen molar-refractivity contribution in [2.24, 2.45) is 0 Å². The molecule has 1 aromatic carbocycles. The molecule has 0 aromatic heterocycles. The van der Waals surface area contributed by atoms with Crippen molar-refractivity contribution in [1.29, 1.82) is 0 Å². The van der Waals surface area contributed by atoms with Gasteiger partial charge in [-0.3, -0.25) is 4.79 Å². The number of rotatable bonds is 6. The van der Waals surface area contributed by atoms with Crippen LogP contribution in [0.3, 0.4) is 0 Å². The van der Waals surface area contributed by atoms with Crippen molar-refractivity contribution < 1.29 is 19.4 Å². The lowest BCUT2D eigenvalue weighted by atomic mass is 10.1. The average Bonchev–Trinajstić information content (AvgIpc) is 2.27. The van der Waals surface area contributed by atoms with E-state index in [1.807, 2.05) is 12.1 Å². The molecule has 0 aliphatic carbocycles. The normalized spacial score (nSPS) is 10.1. The van der Waals surface area contributed by atoms with Gasteiger partial charge in [0.1, 0.15) is 0 Å². The topological polar surface area (TPSA) is 55.8 Å². The zero-order valence-electron chi connectivity index (χ0n) is 9.83. The summed E-state index contributed by atoms with van der Waals surface area (Å²) in [7, 11) is 3.15. The molecule has 0 fully saturated rings. The number of carboxylic acids is 1. The highest BCUT2D eigenvalue weighted by Crippen LogP contribution is 2.36. The molecule has 1 N–H and O–H groups in total. The number of ether oxygens (including phenoxy) is 2. The van der Waals surface area contributed by atoms with E-state index >= 15 is 0 Å². The minimum atomic E-state index is -0.774. The van der Waals surface area contributed by atoms with Gasteiger partial charge in [0.2, 0.25) is 0 Å². The number of aliphatic carboxylic acids is 1. The molecule has 94 valence electrons. The summed E-state index contributed by atoms with van der Waals surface area (Å²) in [4.78, 5) is 10.4. The molecular weight excluding hydrogens is 288 g/mol. The van der Waals surface area contributed by atoms with E-state index in [9.17, 15) is 4.79 Å². The SMILES string of the molecule is COc1cc(CCCC(=O)O)cc(Br)c1OC. The van der Waals surface area contributed by atoms with Crippen molar-refractivity contribution in [3.05, 3.63) is 22.2 Å². The number of carboxylic acid groups (broad SMARTS) is 1. The zero-order valence-corrected chi connectivity index (χ0v) is 11.4. The van der Waals surface area contributed by atoms with Crippen molar-refractivity contribution >= 4 is 21.9 Å². The first kappa shape index (κ1) is 13.8. The predicted molar refractivity (Wildman–Crippen MR) is 67.8 cm³/mol. The summed E-state index contributed by atoms with van der Waals surface area (Å²) in [5.41, 5.74) is 1.02. The van der Waals surface area contributed by atoms with Crippen LogP contribution < -0.4 is 9.47 Å². The first-order chi connectivity index (χ1) is 8.08. The van der Waals surface area contributed by atoms with Crippen molar-refractivity contribution in [3.8, 4) is 11.5 Å². The number of halogens is 1. The summed E-state index contributed by atoms with van der Waals surface area (Å²) < 4.78 is 11.2. The predicted octanol–water partition coefficient (Wildman–Crippen LogP) is 2.87. The van der Waals surface area contributed by atoms with Gasteiger partial charge in [-0.05, 0) is 46.5 Å². The fraction of sp³-hybridized carbons (Fsp3) is 0.417. The first-order valence-electron chi connectivity index (χ1n) is 5.20. The standard InChI is InChI=1S/C12H15BrO4/c1-16-10-7-8(4-3-5-11(14)15)6-9(13)12(10)17-2/h6-7H,3-5H2,1-2H3,(H,14,15). The van der Waals surface area contributed by atoms with E-state index in [0.717, 1.165) is 10.0 Å². The van der Waals surface area contributed by atoms with Crippen LogP contribution in [0.15, 0.2) is 16.6 Å². The first-order valence-corrected chi connectivity index (χ1v) is 6.00. The maximum absolute atomic E-state index is 10.4.